The number of carbonyl (C=O) groups is 1. The number of nitrogens with one attached hydrogen (secondary N) is 1. The lowest BCUT2D eigenvalue weighted by Gasteiger charge is -2.18. The normalized spacial score (nSPS) is 11.0. The van der Waals surface area contributed by atoms with Crippen molar-refractivity contribution in [1.82, 2.24) is 19.5 Å². The molecule has 5 rings (SSSR count). The van der Waals surface area contributed by atoms with Crippen LogP contribution in [0.2, 0.25) is 5.02 Å². The molecule has 8 heteroatoms. The lowest BCUT2D eigenvalue weighted by Crippen LogP contribution is -2.30. The zero-order valence-corrected chi connectivity index (χ0v) is 21.9. The SMILES string of the molecule is [B]c1cnn2c(NCCCN(C)C(=O)Cc3ccc(-c4ccccc4)cc3)cc(-c3ccccc3Cl)nc12. The molecule has 0 bridgehead atoms. The van der Waals surface area contributed by atoms with Gasteiger partial charge in [0.1, 0.15) is 13.7 Å². The van der Waals surface area contributed by atoms with Crippen LogP contribution in [-0.2, 0) is 11.2 Å². The smallest absolute Gasteiger partial charge is 0.226 e. The summed E-state index contributed by atoms with van der Waals surface area (Å²) in [5, 5.41) is 8.39. The number of rotatable bonds is 9. The van der Waals surface area contributed by atoms with Crippen LogP contribution in [0.15, 0.2) is 91.1 Å². The number of benzene rings is 3. The highest BCUT2D eigenvalue weighted by Gasteiger charge is 2.13. The van der Waals surface area contributed by atoms with Crippen molar-refractivity contribution >= 4 is 42.3 Å². The predicted molar refractivity (Wildman–Crippen MR) is 155 cm³/mol. The molecule has 6 nitrogen and oxygen atoms in total. The first-order valence-corrected chi connectivity index (χ1v) is 12.9. The number of hydrogen-bond donors (Lipinski definition) is 1. The number of hydrogen-bond acceptors (Lipinski definition) is 4. The molecule has 0 atom stereocenters. The van der Waals surface area contributed by atoms with Crippen molar-refractivity contribution in [2.24, 2.45) is 0 Å². The average Bonchev–Trinajstić information content (AvgIpc) is 3.32. The van der Waals surface area contributed by atoms with Gasteiger partial charge in [-0.25, -0.2) is 4.98 Å². The molecule has 1 amide bonds. The molecule has 0 aliphatic rings. The molecule has 0 aliphatic heterocycles. The molecular formula is C30H27BClN5O. The highest BCUT2D eigenvalue weighted by atomic mass is 35.5. The molecule has 5 aromatic rings. The maximum atomic E-state index is 12.8. The zero-order chi connectivity index (χ0) is 26.5. The number of anilines is 1. The first kappa shape index (κ1) is 25.6. The van der Waals surface area contributed by atoms with Crippen LogP contribution < -0.4 is 10.8 Å². The largest absolute Gasteiger partial charge is 0.370 e. The summed E-state index contributed by atoms with van der Waals surface area (Å²) in [6, 6.07) is 27.9. The van der Waals surface area contributed by atoms with E-state index in [0.29, 0.717) is 41.3 Å². The summed E-state index contributed by atoms with van der Waals surface area (Å²) in [7, 11) is 7.95. The highest BCUT2D eigenvalue weighted by molar-refractivity contribution is 6.36. The molecule has 0 fully saturated rings. The fourth-order valence-corrected chi connectivity index (χ4v) is 4.56. The van der Waals surface area contributed by atoms with Gasteiger partial charge in [0.2, 0.25) is 5.91 Å². The Kier molecular flexibility index (Phi) is 7.75. The molecular weight excluding hydrogens is 493 g/mol. The van der Waals surface area contributed by atoms with Crippen LogP contribution in [-0.4, -0.2) is 53.4 Å². The Morgan fingerprint density at radius 1 is 1.00 bits per heavy atom. The van der Waals surface area contributed by atoms with E-state index < -0.39 is 0 Å². The molecule has 2 heterocycles. The third kappa shape index (κ3) is 5.73. The number of aromatic nitrogens is 3. The molecule has 0 unspecified atom stereocenters. The van der Waals surface area contributed by atoms with Crippen molar-refractivity contribution in [2.45, 2.75) is 12.8 Å². The number of amides is 1. The van der Waals surface area contributed by atoms with Crippen LogP contribution >= 0.6 is 11.6 Å². The van der Waals surface area contributed by atoms with Crippen molar-refractivity contribution in [3.63, 3.8) is 0 Å². The molecule has 0 spiro atoms. The van der Waals surface area contributed by atoms with E-state index in [1.54, 1.807) is 15.6 Å². The van der Waals surface area contributed by atoms with Crippen LogP contribution in [0.3, 0.4) is 0 Å². The molecule has 2 radical (unpaired) electrons. The van der Waals surface area contributed by atoms with E-state index >= 15 is 0 Å². The molecule has 3 aromatic carbocycles. The maximum Gasteiger partial charge on any atom is 0.226 e. The van der Waals surface area contributed by atoms with Crippen molar-refractivity contribution in [3.05, 3.63) is 102 Å². The van der Waals surface area contributed by atoms with Crippen molar-refractivity contribution in [1.29, 1.82) is 0 Å². The Bertz CT molecular complexity index is 1550. The Labute approximate surface area is 228 Å². The van der Waals surface area contributed by atoms with Gasteiger partial charge in [-0.1, -0.05) is 84.4 Å². The lowest BCUT2D eigenvalue weighted by atomic mass is 10.0. The van der Waals surface area contributed by atoms with Gasteiger partial charge in [-0.3, -0.25) is 4.79 Å². The minimum Gasteiger partial charge on any atom is -0.370 e. The molecule has 0 saturated heterocycles. The molecule has 188 valence electrons. The Hall–Kier alpha value is -4.10. The Morgan fingerprint density at radius 3 is 2.47 bits per heavy atom. The second kappa shape index (κ2) is 11.5. The second-order valence-electron chi connectivity index (χ2n) is 9.18. The summed E-state index contributed by atoms with van der Waals surface area (Å²) >= 11 is 6.41. The van der Waals surface area contributed by atoms with E-state index in [1.807, 2.05) is 67.7 Å². The number of likely N-dealkylation sites (N-methyl/N-ethyl adjacent to an activating group) is 1. The van der Waals surface area contributed by atoms with Gasteiger partial charge >= 0.3 is 0 Å². The van der Waals surface area contributed by atoms with Gasteiger partial charge in [0, 0.05) is 43.0 Å². The molecule has 0 aliphatic carbocycles. The van der Waals surface area contributed by atoms with Crippen LogP contribution in [0.5, 0.6) is 0 Å². The highest BCUT2D eigenvalue weighted by Crippen LogP contribution is 2.28. The van der Waals surface area contributed by atoms with Crippen LogP contribution in [0.25, 0.3) is 28.0 Å². The van der Waals surface area contributed by atoms with Crippen LogP contribution in [0.4, 0.5) is 5.82 Å². The fraction of sp³-hybridized carbons (Fsp3) is 0.167. The summed E-state index contributed by atoms with van der Waals surface area (Å²) in [4.78, 5) is 19.2. The van der Waals surface area contributed by atoms with E-state index in [1.165, 1.54) is 5.56 Å². The number of fused-ring (bicyclic) bond motifs is 1. The number of carbonyl (C=O) groups excluding carboxylic acids is 1. The van der Waals surface area contributed by atoms with E-state index in [0.717, 1.165) is 28.9 Å². The van der Waals surface area contributed by atoms with E-state index in [2.05, 4.69) is 39.7 Å². The summed E-state index contributed by atoms with van der Waals surface area (Å²) in [6.07, 6.45) is 2.72. The summed E-state index contributed by atoms with van der Waals surface area (Å²) < 4.78 is 1.68. The van der Waals surface area contributed by atoms with Gasteiger partial charge in [0.05, 0.1) is 12.1 Å². The van der Waals surface area contributed by atoms with Crippen LogP contribution in [0.1, 0.15) is 12.0 Å². The third-order valence-electron chi connectivity index (χ3n) is 6.47. The standard InChI is InChI=1S/C30H27BClN5O/c1-36(29(38)18-21-12-14-23(15-13-21)22-8-3-2-4-9-22)17-7-16-33-28-19-27(24-10-5-6-11-26(24)32)35-30-25(31)20-34-37(28)30/h2-6,8-15,19-20,33H,7,16-18H2,1H3. The third-order valence-corrected chi connectivity index (χ3v) is 6.80. The molecule has 0 saturated carbocycles. The first-order chi connectivity index (χ1) is 18.5. The van der Waals surface area contributed by atoms with Gasteiger partial charge in [-0.15, -0.1) is 0 Å². The first-order valence-electron chi connectivity index (χ1n) is 12.5. The maximum absolute atomic E-state index is 12.8. The topological polar surface area (TPSA) is 62.5 Å². The second-order valence-corrected chi connectivity index (χ2v) is 9.58. The summed E-state index contributed by atoms with van der Waals surface area (Å²) in [5.41, 5.74) is 5.90. The average molecular weight is 520 g/mol. The van der Waals surface area contributed by atoms with Gasteiger partial charge < -0.3 is 10.2 Å². The monoisotopic (exact) mass is 519 g/mol. The number of halogens is 1. The zero-order valence-electron chi connectivity index (χ0n) is 21.1. The fourth-order valence-electron chi connectivity index (χ4n) is 4.33. The van der Waals surface area contributed by atoms with E-state index in [-0.39, 0.29) is 5.91 Å². The minimum atomic E-state index is 0.0876. The van der Waals surface area contributed by atoms with Gasteiger partial charge in [0.25, 0.3) is 0 Å². The lowest BCUT2D eigenvalue weighted by molar-refractivity contribution is -0.129. The summed E-state index contributed by atoms with van der Waals surface area (Å²) in [6.45, 7) is 1.27. The van der Waals surface area contributed by atoms with Gasteiger partial charge in [-0.2, -0.15) is 9.61 Å². The van der Waals surface area contributed by atoms with Crippen molar-refractivity contribution < 1.29 is 4.79 Å². The number of nitrogens with zero attached hydrogens (tertiary/aromatic N) is 4. The Morgan fingerprint density at radius 2 is 1.71 bits per heavy atom. The van der Waals surface area contributed by atoms with Gasteiger partial charge in [-0.05, 0) is 34.6 Å². The molecule has 1 N–H and O–H groups in total. The quantitative estimate of drug-likeness (QED) is 0.220. The van der Waals surface area contributed by atoms with Gasteiger partial charge in [0.15, 0.2) is 5.65 Å². The van der Waals surface area contributed by atoms with Crippen molar-refractivity contribution in [2.75, 3.05) is 25.5 Å². The van der Waals surface area contributed by atoms with Crippen molar-refractivity contribution in [3.8, 4) is 22.4 Å². The van der Waals surface area contributed by atoms with Crippen LogP contribution in [0, 0.1) is 0 Å². The summed E-state index contributed by atoms with van der Waals surface area (Å²) in [5.74, 6) is 0.846. The van der Waals surface area contributed by atoms with E-state index in [4.69, 9.17) is 19.4 Å². The predicted octanol–water partition coefficient (Wildman–Crippen LogP) is 5.01. The molecule has 38 heavy (non-hydrogen) atoms. The molecule has 2 aromatic heterocycles. The van der Waals surface area contributed by atoms with E-state index in [9.17, 15) is 4.79 Å². The Balaban J connectivity index is 1.18. The minimum absolute atomic E-state index is 0.0876.